The van der Waals surface area contributed by atoms with Gasteiger partial charge < -0.3 is 24.5 Å². The molecule has 1 atom stereocenters. The fourth-order valence-corrected chi connectivity index (χ4v) is 5.19. The predicted molar refractivity (Wildman–Crippen MR) is 140 cm³/mol. The van der Waals surface area contributed by atoms with Crippen LogP contribution in [0.5, 0.6) is 17.2 Å². The highest BCUT2D eigenvalue weighted by Crippen LogP contribution is 2.44. The minimum Gasteiger partial charge on any atom is -0.504 e. The van der Waals surface area contributed by atoms with Gasteiger partial charge in [0.15, 0.2) is 11.5 Å². The zero-order valence-electron chi connectivity index (χ0n) is 20.5. The molecule has 1 aliphatic heterocycles. The molecule has 0 saturated heterocycles. The number of carbonyl (C=O) groups is 1. The zero-order chi connectivity index (χ0) is 25.5. The summed E-state index contributed by atoms with van der Waals surface area (Å²) in [7, 11) is 3.17. The van der Waals surface area contributed by atoms with E-state index in [0.717, 1.165) is 44.6 Å². The number of hydrogen-bond acceptors (Lipinski definition) is 5. The van der Waals surface area contributed by atoms with Gasteiger partial charge in [-0.3, -0.25) is 9.89 Å². The maximum Gasteiger partial charge on any atom is 0.273 e. The molecule has 37 heavy (non-hydrogen) atoms. The van der Waals surface area contributed by atoms with Gasteiger partial charge in [0.25, 0.3) is 5.91 Å². The number of aromatic nitrogens is 3. The highest BCUT2D eigenvalue weighted by atomic mass is 16.5. The first kappa shape index (κ1) is 22.7. The van der Waals surface area contributed by atoms with Crippen LogP contribution in [0.3, 0.4) is 0 Å². The second-order valence-electron chi connectivity index (χ2n) is 9.03. The van der Waals surface area contributed by atoms with E-state index >= 15 is 0 Å². The Kier molecular flexibility index (Phi) is 5.56. The summed E-state index contributed by atoms with van der Waals surface area (Å²) >= 11 is 0. The third kappa shape index (κ3) is 3.78. The van der Waals surface area contributed by atoms with Crippen LogP contribution in [-0.2, 0) is 6.42 Å². The molecule has 0 unspecified atom stereocenters. The number of aromatic hydroxyl groups is 1. The quantitative estimate of drug-likeness (QED) is 0.293. The summed E-state index contributed by atoms with van der Waals surface area (Å²) in [5.74, 6) is 1.07. The van der Waals surface area contributed by atoms with E-state index in [1.54, 1.807) is 19.2 Å². The number of carbonyl (C=O) groups excluding carboxylic acids is 1. The molecule has 8 heteroatoms. The molecular weight excluding hydrogens is 468 g/mol. The SMILES string of the molecule is COc1ccc2[nH]cc(CCN3C(=O)c4[nH]nc(-c5ccccc5)c4[C@H]3c3ccc(O)c(OC)c3)c2c1. The topological polar surface area (TPSA) is 103 Å². The number of ether oxygens (including phenoxy) is 2. The van der Waals surface area contributed by atoms with Crippen molar-refractivity contribution < 1.29 is 19.4 Å². The third-order valence-corrected chi connectivity index (χ3v) is 7.03. The van der Waals surface area contributed by atoms with Crippen molar-refractivity contribution in [2.45, 2.75) is 12.5 Å². The molecule has 1 aliphatic rings. The molecule has 0 bridgehead atoms. The van der Waals surface area contributed by atoms with E-state index in [1.165, 1.54) is 7.11 Å². The first-order valence-electron chi connectivity index (χ1n) is 12.0. The minimum absolute atomic E-state index is 0.0468. The fourth-order valence-electron chi connectivity index (χ4n) is 5.19. The number of amides is 1. The number of phenolic OH excluding ortho intramolecular Hbond substituents is 1. The molecule has 3 aromatic carbocycles. The summed E-state index contributed by atoms with van der Waals surface area (Å²) in [4.78, 5) is 18.9. The van der Waals surface area contributed by atoms with Gasteiger partial charge in [-0.25, -0.2) is 0 Å². The van der Waals surface area contributed by atoms with Crippen LogP contribution in [0.25, 0.3) is 22.2 Å². The monoisotopic (exact) mass is 494 g/mol. The number of rotatable bonds is 7. The lowest BCUT2D eigenvalue weighted by Crippen LogP contribution is -2.31. The van der Waals surface area contributed by atoms with Crippen molar-refractivity contribution in [3.8, 4) is 28.5 Å². The predicted octanol–water partition coefficient (Wildman–Crippen LogP) is 5.07. The molecule has 3 heterocycles. The molecule has 5 aromatic rings. The molecule has 0 aliphatic carbocycles. The number of aromatic amines is 2. The summed E-state index contributed by atoms with van der Waals surface area (Å²) in [6.45, 7) is 0.480. The van der Waals surface area contributed by atoms with Gasteiger partial charge in [-0.15, -0.1) is 0 Å². The van der Waals surface area contributed by atoms with E-state index in [0.29, 0.717) is 24.4 Å². The fraction of sp³-hybridized carbons (Fsp3) is 0.172. The number of nitrogens with one attached hydrogen (secondary N) is 2. The first-order chi connectivity index (χ1) is 18.1. The lowest BCUT2D eigenvalue weighted by atomic mass is 9.95. The van der Waals surface area contributed by atoms with Crippen molar-refractivity contribution in [3.05, 3.63) is 95.3 Å². The van der Waals surface area contributed by atoms with Crippen molar-refractivity contribution in [2.75, 3.05) is 20.8 Å². The number of nitrogens with zero attached hydrogens (tertiary/aromatic N) is 2. The first-order valence-corrected chi connectivity index (χ1v) is 12.0. The molecule has 0 saturated carbocycles. The summed E-state index contributed by atoms with van der Waals surface area (Å²) in [6, 6.07) is 20.6. The highest BCUT2D eigenvalue weighted by molar-refractivity contribution is 6.00. The number of methoxy groups -OCH3 is 2. The maximum absolute atomic E-state index is 13.7. The number of hydrogen-bond donors (Lipinski definition) is 3. The van der Waals surface area contributed by atoms with Gasteiger partial charge in [0.2, 0.25) is 0 Å². The molecule has 2 aromatic heterocycles. The summed E-state index contributed by atoms with van der Waals surface area (Å²) < 4.78 is 10.8. The third-order valence-electron chi connectivity index (χ3n) is 7.03. The molecular formula is C29H26N4O4. The van der Waals surface area contributed by atoms with E-state index in [1.807, 2.05) is 65.7 Å². The van der Waals surface area contributed by atoms with Gasteiger partial charge in [-0.2, -0.15) is 5.10 Å². The Morgan fingerprint density at radius 3 is 2.65 bits per heavy atom. The molecule has 0 radical (unpaired) electrons. The van der Waals surface area contributed by atoms with Crippen LogP contribution in [0.4, 0.5) is 0 Å². The van der Waals surface area contributed by atoms with Gasteiger partial charge >= 0.3 is 0 Å². The minimum atomic E-state index is -0.398. The standard InChI is InChI=1S/C29H26N4O4/c1-36-20-9-10-22-21(15-20)19(16-30-22)12-13-33-28(18-8-11-23(34)24(14-18)37-2)25-26(17-6-4-3-5-7-17)31-32-27(25)29(33)35/h3-11,14-16,28,30,34H,12-13H2,1-2H3,(H,31,32)/t28-/m1/s1. The van der Waals surface area contributed by atoms with Crippen LogP contribution in [0, 0.1) is 0 Å². The Morgan fingerprint density at radius 2 is 1.86 bits per heavy atom. The molecule has 0 fully saturated rings. The van der Waals surface area contributed by atoms with Crippen molar-refractivity contribution in [3.63, 3.8) is 0 Å². The number of H-pyrrole nitrogens is 2. The maximum atomic E-state index is 13.7. The Labute approximate surface area is 213 Å². The van der Waals surface area contributed by atoms with Gasteiger partial charge in [-0.05, 0) is 47.9 Å². The van der Waals surface area contributed by atoms with E-state index in [2.05, 4.69) is 15.2 Å². The van der Waals surface area contributed by atoms with Gasteiger partial charge in [0.05, 0.1) is 26.0 Å². The second-order valence-corrected chi connectivity index (χ2v) is 9.03. The molecule has 186 valence electrons. The summed E-state index contributed by atoms with van der Waals surface area (Å²) in [5, 5.41) is 18.8. The van der Waals surface area contributed by atoms with Crippen LogP contribution < -0.4 is 9.47 Å². The van der Waals surface area contributed by atoms with E-state index in [9.17, 15) is 9.90 Å². The van der Waals surface area contributed by atoms with Gasteiger partial charge in [0, 0.05) is 34.8 Å². The Morgan fingerprint density at radius 1 is 1.03 bits per heavy atom. The molecule has 3 N–H and O–H groups in total. The van der Waals surface area contributed by atoms with Crippen molar-refractivity contribution in [1.82, 2.24) is 20.1 Å². The summed E-state index contributed by atoms with van der Waals surface area (Å²) in [6.07, 6.45) is 2.63. The normalized spacial score (nSPS) is 14.8. The number of fused-ring (bicyclic) bond motifs is 2. The Balaban J connectivity index is 1.42. The molecule has 1 amide bonds. The van der Waals surface area contributed by atoms with Crippen LogP contribution in [0.15, 0.2) is 72.9 Å². The highest BCUT2D eigenvalue weighted by Gasteiger charge is 2.42. The average molecular weight is 495 g/mol. The van der Waals surface area contributed by atoms with Gasteiger partial charge in [-0.1, -0.05) is 36.4 Å². The summed E-state index contributed by atoms with van der Waals surface area (Å²) in [5.41, 5.74) is 5.92. The van der Waals surface area contributed by atoms with Crippen molar-refractivity contribution in [2.24, 2.45) is 0 Å². The number of phenols is 1. The van der Waals surface area contributed by atoms with Crippen LogP contribution in [0.2, 0.25) is 0 Å². The smallest absolute Gasteiger partial charge is 0.273 e. The Bertz CT molecular complexity index is 1610. The second kappa shape index (κ2) is 9.05. The van der Waals surface area contributed by atoms with Gasteiger partial charge in [0.1, 0.15) is 11.4 Å². The van der Waals surface area contributed by atoms with E-state index < -0.39 is 6.04 Å². The molecule has 8 nitrogen and oxygen atoms in total. The number of benzene rings is 3. The van der Waals surface area contributed by atoms with Crippen LogP contribution in [0.1, 0.15) is 33.2 Å². The van der Waals surface area contributed by atoms with Crippen LogP contribution in [-0.4, -0.2) is 51.9 Å². The lowest BCUT2D eigenvalue weighted by Gasteiger charge is -2.27. The van der Waals surface area contributed by atoms with Crippen LogP contribution >= 0.6 is 0 Å². The van der Waals surface area contributed by atoms with E-state index in [-0.39, 0.29) is 11.7 Å². The van der Waals surface area contributed by atoms with Crippen molar-refractivity contribution >= 4 is 16.8 Å². The van der Waals surface area contributed by atoms with Crippen molar-refractivity contribution in [1.29, 1.82) is 0 Å². The average Bonchev–Trinajstić information content (AvgIpc) is 3.62. The molecule has 6 rings (SSSR count). The largest absolute Gasteiger partial charge is 0.504 e. The Hall–Kier alpha value is -4.72. The van der Waals surface area contributed by atoms with E-state index in [4.69, 9.17) is 9.47 Å². The lowest BCUT2D eigenvalue weighted by molar-refractivity contribution is 0.0746. The molecule has 0 spiro atoms. The zero-order valence-corrected chi connectivity index (χ0v) is 20.5.